The Morgan fingerprint density at radius 2 is 1.57 bits per heavy atom. The molecule has 1 aliphatic heterocycles. The van der Waals surface area contributed by atoms with Crippen LogP contribution in [0.25, 0.3) is 11.1 Å². The van der Waals surface area contributed by atoms with E-state index >= 15 is 0 Å². The molecule has 0 atom stereocenters. The van der Waals surface area contributed by atoms with Gasteiger partial charge in [0.2, 0.25) is 0 Å². The summed E-state index contributed by atoms with van der Waals surface area (Å²) in [6, 6.07) is 18.2. The number of hydrogen-bond donors (Lipinski definition) is 0. The zero-order chi connectivity index (χ0) is 19.4. The fourth-order valence-corrected chi connectivity index (χ4v) is 4.71. The summed E-state index contributed by atoms with van der Waals surface area (Å²) in [5.74, 6) is 0.832. The predicted octanol–water partition coefficient (Wildman–Crippen LogP) is 3.87. The highest BCUT2D eigenvalue weighted by Gasteiger charge is 2.16. The monoisotopic (exact) mass is 396 g/mol. The van der Waals surface area contributed by atoms with Crippen molar-refractivity contribution in [1.29, 1.82) is 0 Å². The molecule has 0 radical (unpaired) electrons. The van der Waals surface area contributed by atoms with Gasteiger partial charge in [0, 0.05) is 18.9 Å². The molecule has 0 N–H and O–H groups in total. The third-order valence-corrected chi connectivity index (χ3v) is 6.70. The van der Waals surface area contributed by atoms with E-state index in [-0.39, 0.29) is 4.90 Å². The van der Waals surface area contributed by atoms with E-state index in [4.69, 9.17) is 4.74 Å². The van der Waals surface area contributed by atoms with Crippen LogP contribution in [-0.2, 0) is 10.0 Å². The lowest BCUT2D eigenvalue weighted by molar-refractivity contribution is 0.238. The Kier molecular flexibility index (Phi) is 5.50. The van der Waals surface area contributed by atoms with Crippen LogP contribution in [-0.4, -0.2) is 43.5 Å². The summed E-state index contributed by atoms with van der Waals surface area (Å²) < 4.78 is 32.5. The first-order valence-corrected chi connectivity index (χ1v) is 11.0. The van der Waals surface area contributed by atoms with Gasteiger partial charge < -0.3 is 4.74 Å². The molecule has 5 nitrogen and oxygen atoms in total. The third kappa shape index (κ3) is 4.13. The molecule has 2 aromatic carbocycles. The van der Waals surface area contributed by atoms with Gasteiger partial charge in [0.15, 0.2) is 0 Å². The molecule has 0 saturated carbocycles. The van der Waals surface area contributed by atoms with Gasteiger partial charge in [0.25, 0.3) is 10.0 Å². The average molecular weight is 397 g/mol. The van der Waals surface area contributed by atoms with Crippen molar-refractivity contribution in [3.63, 3.8) is 0 Å². The molecule has 1 aliphatic rings. The van der Waals surface area contributed by atoms with Crippen LogP contribution in [0.4, 0.5) is 0 Å². The number of ether oxygens (including phenoxy) is 1. The van der Waals surface area contributed by atoms with Crippen LogP contribution in [0.15, 0.2) is 78.0 Å². The van der Waals surface area contributed by atoms with Crippen LogP contribution in [0.3, 0.4) is 0 Å². The Balaban J connectivity index is 1.45. The minimum Gasteiger partial charge on any atom is -0.492 e. The summed E-state index contributed by atoms with van der Waals surface area (Å²) in [7, 11) is -3.57. The normalized spacial score (nSPS) is 15.0. The summed E-state index contributed by atoms with van der Waals surface area (Å²) >= 11 is 0. The summed E-state index contributed by atoms with van der Waals surface area (Å²) in [5, 5.41) is 0. The van der Waals surface area contributed by atoms with E-state index in [1.165, 1.54) is 42.3 Å². The number of nitrogens with zero attached hydrogens (tertiary/aromatic N) is 2. The van der Waals surface area contributed by atoms with Gasteiger partial charge in [-0.1, -0.05) is 24.3 Å². The van der Waals surface area contributed by atoms with Crippen molar-refractivity contribution in [2.24, 2.45) is 0 Å². The average Bonchev–Trinajstić information content (AvgIpc) is 3.43. The van der Waals surface area contributed by atoms with E-state index in [1.54, 1.807) is 30.3 Å². The number of rotatable bonds is 7. The summed E-state index contributed by atoms with van der Waals surface area (Å²) in [4.78, 5) is 2.69. The summed E-state index contributed by atoms with van der Waals surface area (Å²) in [6.07, 6.45) is 5.65. The van der Waals surface area contributed by atoms with Gasteiger partial charge in [-0.15, -0.1) is 0 Å². The van der Waals surface area contributed by atoms with Gasteiger partial charge in [-0.05, 0) is 73.5 Å². The molecule has 6 heteroatoms. The van der Waals surface area contributed by atoms with Gasteiger partial charge in [-0.25, -0.2) is 12.4 Å². The van der Waals surface area contributed by atoms with Crippen LogP contribution in [0.2, 0.25) is 0 Å². The summed E-state index contributed by atoms with van der Waals surface area (Å²) in [6.45, 7) is 3.99. The lowest BCUT2D eigenvalue weighted by Crippen LogP contribution is -2.25. The van der Waals surface area contributed by atoms with Crippen LogP contribution in [0.5, 0.6) is 5.75 Å². The van der Waals surface area contributed by atoms with Crippen molar-refractivity contribution in [2.45, 2.75) is 17.7 Å². The van der Waals surface area contributed by atoms with Gasteiger partial charge in [0.1, 0.15) is 12.4 Å². The summed E-state index contributed by atoms with van der Waals surface area (Å²) in [5.41, 5.74) is 1.81. The molecule has 4 rings (SSSR count). The molecule has 1 saturated heterocycles. The van der Waals surface area contributed by atoms with Crippen molar-refractivity contribution in [2.75, 3.05) is 26.2 Å². The first-order valence-electron chi connectivity index (χ1n) is 9.57. The molecule has 0 spiro atoms. The van der Waals surface area contributed by atoms with Crippen LogP contribution < -0.4 is 4.74 Å². The second kappa shape index (κ2) is 8.20. The molecule has 3 aromatic rings. The Morgan fingerprint density at radius 1 is 0.857 bits per heavy atom. The minimum absolute atomic E-state index is 0.270. The second-order valence-electron chi connectivity index (χ2n) is 6.97. The fraction of sp³-hybridized carbons (Fsp3) is 0.273. The Hall–Kier alpha value is -2.57. The molecular weight excluding hydrogens is 372 g/mol. The topological polar surface area (TPSA) is 51.5 Å². The first kappa shape index (κ1) is 18.8. The maximum Gasteiger partial charge on any atom is 0.267 e. The van der Waals surface area contributed by atoms with Crippen LogP contribution in [0.1, 0.15) is 12.8 Å². The smallest absolute Gasteiger partial charge is 0.267 e. The van der Waals surface area contributed by atoms with E-state index in [0.29, 0.717) is 6.61 Å². The maximum atomic E-state index is 12.7. The van der Waals surface area contributed by atoms with Crippen molar-refractivity contribution < 1.29 is 13.2 Å². The zero-order valence-electron chi connectivity index (χ0n) is 15.7. The molecule has 146 valence electrons. The molecule has 0 aliphatic carbocycles. The molecule has 0 bridgehead atoms. The van der Waals surface area contributed by atoms with Gasteiger partial charge in [-0.3, -0.25) is 4.90 Å². The number of likely N-dealkylation sites (tertiary alicyclic amines) is 1. The molecule has 28 heavy (non-hydrogen) atoms. The van der Waals surface area contributed by atoms with Crippen LogP contribution in [0, 0.1) is 0 Å². The van der Waals surface area contributed by atoms with Gasteiger partial charge in [0.05, 0.1) is 4.90 Å². The fourth-order valence-electron chi connectivity index (χ4n) is 3.48. The predicted molar refractivity (Wildman–Crippen MR) is 110 cm³/mol. The van der Waals surface area contributed by atoms with Gasteiger partial charge in [-0.2, -0.15) is 0 Å². The SMILES string of the molecule is O=S(=O)(c1cccc(-c2ccc(OCCN3CCCC3)cc2)c1)n1cccc1. The quantitative estimate of drug-likeness (QED) is 0.608. The van der Waals surface area contributed by atoms with E-state index in [2.05, 4.69) is 4.90 Å². The van der Waals surface area contributed by atoms with E-state index in [9.17, 15) is 8.42 Å². The second-order valence-corrected chi connectivity index (χ2v) is 8.81. The third-order valence-electron chi connectivity index (χ3n) is 5.05. The van der Waals surface area contributed by atoms with Crippen molar-refractivity contribution in [3.05, 3.63) is 73.1 Å². The number of benzene rings is 2. The lowest BCUT2D eigenvalue weighted by atomic mass is 10.1. The number of aromatic nitrogens is 1. The van der Waals surface area contributed by atoms with Crippen molar-refractivity contribution >= 4 is 10.0 Å². The highest BCUT2D eigenvalue weighted by atomic mass is 32.2. The van der Waals surface area contributed by atoms with E-state index in [1.807, 2.05) is 30.3 Å². The highest BCUT2D eigenvalue weighted by molar-refractivity contribution is 7.90. The Bertz CT molecular complexity index is 1010. The highest BCUT2D eigenvalue weighted by Crippen LogP contribution is 2.25. The Morgan fingerprint density at radius 3 is 2.29 bits per heavy atom. The zero-order valence-corrected chi connectivity index (χ0v) is 16.5. The minimum atomic E-state index is -3.57. The number of hydrogen-bond acceptors (Lipinski definition) is 4. The standard InChI is InChI=1S/C22H24N2O3S/c25-28(26,24-14-3-4-15-24)22-7-5-6-20(18-22)19-8-10-21(11-9-19)27-17-16-23-12-1-2-13-23/h3-11,14-15,18H,1-2,12-13,16-17H2. The molecule has 0 unspecified atom stereocenters. The van der Waals surface area contributed by atoms with Crippen molar-refractivity contribution in [3.8, 4) is 16.9 Å². The molecule has 1 fully saturated rings. The Labute approximate surface area is 166 Å². The molecule has 1 aromatic heterocycles. The maximum absolute atomic E-state index is 12.7. The van der Waals surface area contributed by atoms with Crippen molar-refractivity contribution in [1.82, 2.24) is 8.87 Å². The molecule has 0 amide bonds. The first-order chi connectivity index (χ1) is 13.6. The van der Waals surface area contributed by atoms with E-state index in [0.717, 1.165) is 23.4 Å². The lowest BCUT2D eigenvalue weighted by Gasteiger charge is -2.15. The molecule has 2 heterocycles. The van der Waals surface area contributed by atoms with Gasteiger partial charge >= 0.3 is 0 Å². The largest absolute Gasteiger partial charge is 0.492 e. The molecular formula is C22H24N2O3S. The van der Waals surface area contributed by atoms with Crippen LogP contribution >= 0.6 is 0 Å². The van der Waals surface area contributed by atoms with E-state index < -0.39 is 10.0 Å².